The zero-order chi connectivity index (χ0) is 10.6. The maximum absolute atomic E-state index is 5.73. The Labute approximate surface area is 88.8 Å². The second-order valence-corrected chi connectivity index (χ2v) is 3.78. The first kappa shape index (κ1) is 13.9. The van der Waals surface area contributed by atoms with Crippen LogP contribution in [0.1, 0.15) is 46.0 Å². The maximum atomic E-state index is 5.73. The molecule has 14 heavy (non-hydrogen) atoms. The van der Waals surface area contributed by atoms with Crippen LogP contribution in [0.25, 0.3) is 0 Å². The summed E-state index contributed by atoms with van der Waals surface area (Å²) in [6.07, 6.45) is 6.22. The van der Waals surface area contributed by atoms with Crippen molar-refractivity contribution < 1.29 is 0 Å². The minimum Gasteiger partial charge on any atom is -0.317 e. The molecular formula is C11H27N3. The highest BCUT2D eigenvalue weighted by Crippen LogP contribution is 1.88. The van der Waals surface area contributed by atoms with Gasteiger partial charge in [0.25, 0.3) is 0 Å². The molecule has 0 aliphatic heterocycles. The van der Waals surface area contributed by atoms with Crippen molar-refractivity contribution in [1.29, 1.82) is 0 Å². The van der Waals surface area contributed by atoms with E-state index >= 15 is 0 Å². The van der Waals surface area contributed by atoms with E-state index < -0.39 is 0 Å². The average Bonchev–Trinajstić information content (AvgIpc) is 2.21. The first-order valence-corrected chi connectivity index (χ1v) is 6.01. The lowest BCUT2D eigenvalue weighted by Gasteiger charge is -2.10. The number of hydrogen-bond acceptors (Lipinski definition) is 3. The molecule has 0 bridgehead atoms. The summed E-state index contributed by atoms with van der Waals surface area (Å²) >= 11 is 0. The number of unbranched alkanes of at least 4 members (excludes halogenated alkanes) is 2. The van der Waals surface area contributed by atoms with Crippen LogP contribution in [0.3, 0.4) is 0 Å². The Kier molecular flexibility index (Phi) is 10.9. The normalized spacial score (nSPS) is 13.1. The molecule has 0 aliphatic carbocycles. The van der Waals surface area contributed by atoms with Gasteiger partial charge in [0.1, 0.15) is 0 Å². The molecule has 3 heteroatoms. The van der Waals surface area contributed by atoms with Crippen LogP contribution in [-0.2, 0) is 0 Å². The molecule has 0 radical (unpaired) electrons. The molecule has 0 saturated carbocycles. The van der Waals surface area contributed by atoms with E-state index in [0.29, 0.717) is 0 Å². The minimum absolute atomic E-state index is 0.183. The van der Waals surface area contributed by atoms with Gasteiger partial charge in [-0.2, -0.15) is 0 Å². The zero-order valence-corrected chi connectivity index (χ0v) is 9.81. The summed E-state index contributed by atoms with van der Waals surface area (Å²) in [5.41, 5.74) is 5.73. The third kappa shape index (κ3) is 9.96. The molecule has 0 fully saturated rings. The highest BCUT2D eigenvalue weighted by atomic mass is 15.0. The van der Waals surface area contributed by atoms with E-state index in [1.807, 2.05) is 0 Å². The Morgan fingerprint density at radius 1 is 1.00 bits per heavy atom. The summed E-state index contributed by atoms with van der Waals surface area (Å²) in [7, 11) is 0. The second kappa shape index (κ2) is 11.0. The molecule has 0 amide bonds. The van der Waals surface area contributed by atoms with Gasteiger partial charge in [0.05, 0.1) is 6.17 Å². The summed E-state index contributed by atoms with van der Waals surface area (Å²) in [5.74, 6) is 0. The first-order chi connectivity index (χ1) is 6.81. The molecule has 4 N–H and O–H groups in total. The smallest absolute Gasteiger partial charge is 0.0543 e. The molecule has 0 aromatic rings. The number of rotatable bonds is 10. The summed E-state index contributed by atoms with van der Waals surface area (Å²) in [6.45, 7) is 7.67. The number of nitrogens with one attached hydrogen (secondary N) is 2. The highest BCUT2D eigenvalue weighted by molar-refractivity contribution is 4.56. The SMILES string of the molecule is CCCCNCCCCNC(N)CC. The predicted molar refractivity (Wildman–Crippen MR) is 63.3 cm³/mol. The first-order valence-electron chi connectivity index (χ1n) is 6.01. The summed E-state index contributed by atoms with van der Waals surface area (Å²) in [5, 5.41) is 6.71. The van der Waals surface area contributed by atoms with Crippen molar-refractivity contribution in [2.75, 3.05) is 19.6 Å². The van der Waals surface area contributed by atoms with Gasteiger partial charge in [-0.3, -0.25) is 0 Å². The van der Waals surface area contributed by atoms with E-state index in [4.69, 9.17) is 5.73 Å². The van der Waals surface area contributed by atoms with E-state index in [-0.39, 0.29) is 6.17 Å². The summed E-state index contributed by atoms with van der Waals surface area (Å²) in [6, 6.07) is 0. The van der Waals surface area contributed by atoms with Crippen molar-refractivity contribution in [2.24, 2.45) is 5.73 Å². The third-order valence-electron chi connectivity index (χ3n) is 2.33. The van der Waals surface area contributed by atoms with Crippen molar-refractivity contribution in [3.05, 3.63) is 0 Å². The van der Waals surface area contributed by atoms with Gasteiger partial charge in [-0.15, -0.1) is 0 Å². The molecule has 0 aliphatic rings. The molecule has 0 spiro atoms. The van der Waals surface area contributed by atoms with E-state index in [1.54, 1.807) is 0 Å². The fraction of sp³-hybridized carbons (Fsp3) is 1.00. The standard InChI is InChI=1S/C11H27N3/c1-3-5-8-13-9-6-7-10-14-11(12)4-2/h11,13-14H,3-10,12H2,1-2H3. The van der Waals surface area contributed by atoms with E-state index in [9.17, 15) is 0 Å². The molecule has 0 aromatic heterocycles. The number of nitrogens with two attached hydrogens (primary N) is 1. The van der Waals surface area contributed by atoms with Gasteiger partial charge in [-0.1, -0.05) is 20.3 Å². The molecule has 3 nitrogen and oxygen atoms in total. The van der Waals surface area contributed by atoms with Gasteiger partial charge < -0.3 is 16.4 Å². The van der Waals surface area contributed by atoms with Crippen molar-refractivity contribution in [1.82, 2.24) is 10.6 Å². The van der Waals surface area contributed by atoms with Crippen molar-refractivity contribution in [3.8, 4) is 0 Å². The quantitative estimate of drug-likeness (QED) is 0.370. The summed E-state index contributed by atoms with van der Waals surface area (Å²) in [4.78, 5) is 0. The van der Waals surface area contributed by atoms with Crippen molar-refractivity contribution >= 4 is 0 Å². The molecule has 86 valence electrons. The molecule has 0 saturated heterocycles. The zero-order valence-electron chi connectivity index (χ0n) is 9.81. The van der Waals surface area contributed by atoms with Crippen LogP contribution in [0.4, 0.5) is 0 Å². The lowest BCUT2D eigenvalue weighted by Crippen LogP contribution is -2.37. The fourth-order valence-electron chi connectivity index (χ4n) is 1.23. The lowest BCUT2D eigenvalue weighted by molar-refractivity contribution is 0.492. The van der Waals surface area contributed by atoms with Gasteiger partial charge in [-0.25, -0.2) is 0 Å². The predicted octanol–water partition coefficient (Wildman–Crippen LogP) is 1.44. The highest BCUT2D eigenvalue weighted by Gasteiger charge is 1.95. The maximum Gasteiger partial charge on any atom is 0.0543 e. The van der Waals surface area contributed by atoms with Gasteiger partial charge in [0, 0.05) is 0 Å². The Balaban J connectivity index is 2.92. The van der Waals surface area contributed by atoms with E-state index in [0.717, 1.165) is 19.5 Å². The van der Waals surface area contributed by atoms with Gasteiger partial charge >= 0.3 is 0 Å². The molecule has 1 atom stereocenters. The van der Waals surface area contributed by atoms with Crippen molar-refractivity contribution in [2.45, 2.75) is 52.1 Å². The Bertz CT molecular complexity index is 107. The van der Waals surface area contributed by atoms with Crippen LogP contribution >= 0.6 is 0 Å². The van der Waals surface area contributed by atoms with Gasteiger partial charge in [0.15, 0.2) is 0 Å². The minimum atomic E-state index is 0.183. The Morgan fingerprint density at radius 2 is 1.64 bits per heavy atom. The van der Waals surface area contributed by atoms with Crippen LogP contribution in [0.15, 0.2) is 0 Å². The van der Waals surface area contributed by atoms with Gasteiger partial charge in [0.2, 0.25) is 0 Å². The van der Waals surface area contributed by atoms with Crippen LogP contribution in [-0.4, -0.2) is 25.8 Å². The van der Waals surface area contributed by atoms with E-state index in [2.05, 4.69) is 24.5 Å². The van der Waals surface area contributed by atoms with Crippen LogP contribution in [0.2, 0.25) is 0 Å². The van der Waals surface area contributed by atoms with Crippen LogP contribution in [0, 0.1) is 0 Å². The Hall–Kier alpha value is -0.120. The molecule has 0 aromatic carbocycles. The number of hydrogen-bond donors (Lipinski definition) is 3. The fourth-order valence-corrected chi connectivity index (χ4v) is 1.23. The van der Waals surface area contributed by atoms with Crippen LogP contribution < -0.4 is 16.4 Å². The second-order valence-electron chi connectivity index (χ2n) is 3.78. The molecule has 0 rings (SSSR count). The summed E-state index contributed by atoms with van der Waals surface area (Å²) < 4.78 is 0. The van der Waals surface area contributed by atoms with E-state index in [1.165, 1.54) is 32.2 Å². The average molecular weight is 201 g/mol. The Morgan fingerprint density at radius 3 is 2.29 bits per heavy atom. The van der Waals surface area contributed by atoms with Gasteiger partial charge in [-0.05, 0) is 45.3 Å². The molecular weight excluding hydrogens is 174 g/mol. The van der Waals surface area contributed by atoms with Crippen LogP contribution in [0.5, 0.6) is 0 Å². The van der Waals surface area contributed by atoms with Crippen molar-refractivity contribution in [3.63, 3.8) is 0 Å². The molecule has 0 heterocycles. The lowest BCUT2D eigenvalue weighted by atomic mass is 10.3. The third-order valence-corrected chi connectivity index (χ3v) is 2.33. The monoisotopic (exact) mass is 201 g/mol. The molecule has 1 unspecified atom stereocenters. The largest absolute Gasteiger partial charge is 0.317 e. The topological polar surface area (TPSA) is 50.1 Å².